The summed E-state index contributed by atoms with van der Waals surface area (Å²) in [5.74, 6) is 0.146. The third kappa shape index (κ3) is 4.07. The zero-order chi connectivity index (χ0) is 16.1. The quantitative estimate of drug-likeness (QED) is 0.855. The van der Waals surface area contributed by atoms with Crippen molar-refractivity contribution >= 4 is 11.8 Å². The maximum atomic E-state index is 12.2. The van der Waals surface area contributed by atoms with Crippen LogP contribution in [0.5, 0.6) is 0 Å². The number of nitrogens with zero attached hydrogens (tertiary/aromatic N) is 1. The Morgan fingerprint density at radius 3 is 2.64 bits per heavy atom. The second-order valence-corrected chi connectivity index (χ2v) is 6.22. The molecule has 1 unspecified atom stereocenters. The lowest BCUT2D eigenvalue weighted by molar-refractivity contribution is -0.132. The van der Waals surface area contributed by atoms with Gasteiger partial charge in [-0.3, -0.25) is 9.59 Å². The van der Waals surface area contributed by atoms with E-state index in [9.17, 15) is 9.59 Å². The van der Waals surface area contributed by atoms with Crippen molar-refractivity contribution in [3.63, 3.8) is 0 Å². The van der Waals surface area contributed by atoms with Crippen molar-refractivity contribution in [2.45, 2.75) is 32.2 Å². The molecular weight excluding hydrogens is 278 g/mol. The molecule has 1 aromatic carbocycles. The lowest BCUT2D eigenvalue weighted by atomic mass is 9.99. The predicted molar refractivity (Wildman–Crippen MR) is 86.2 cm³/mol. The number of amides is 2. The van der Waals surface area contributed by atoms with Gasteiger partial charge in [-0.2, -0.15) is 0 Å². The second-order valence-electron chi connectivity index (χ2n) is 6.22. The molecule has 1 saturated heterocycles. The van der Waals surface area contributed by atoms with E-state index in [-0.39, 0.29) is 24.3 Å². The Bertz CT molecular complexity index is 516. The Balaban J connectivity index is 1.81. The van der Waals surface area contributed by atoms with E-state index in [1.54, 1.807) is 0 Å². The summed E-state index contributed by atoms with van der Waals surface area (Å²) in [6, 6.07) is 9.67. The van der Waals surface area contributed by atoms with Gasteiger partial charge in [-0.25, -0.2) is 0 Å². The molecule has 2 amide bonds. The molecule has 0 bridgehead atoms. The highest BCUT2D eigenvalue weighted by molar-refractivity contribution is 5.87. The molecule has 0 aliphatic carbocycles. The largest absolute Gasteiger partial charge is 0.346 e. The lowest BCUT2D eigenvalue weighted by Gasteiger charge is -2.19. The Morgan fingerprint density at radius 2 is 2.00 bits per heavy atom. The highest BCUT2D eigenvalue weighted by Gasteiger charge is 2.27. The zero-order valence-electron chi connectivity index (χ0n) is 13.3. The fourth-order valence-electron chi connectivity index (χ4n) is 2.68. The third-order valence-corrected chi connectivity index (χ3v) is 4.25. The molecule has 2 atom stereocenters. The summed E-state index contributed by atoms with van der Waals surface area (Å²) in [5, 5.41) is 2.64. The molecule has 1 aliphatic heterocycles. The standard InChI is InChI=1S/C17H25N3O2/c1-12(2)16(18)17(22)19-10-15(21)20-9-8-14(11-20)13-6-4-3-5-7-13/h3-7,12,14,16H,8-11,18H2,1-2H3,(H,19,22)/t14?,16-/m0/s1. The maximum Gasteiger partial charge on any atom is 0.241 e. The first-order chi connectivity index (χ1) is 10.5. The SMILES string of the molecule is CC(C)[C@H](N)C(=O)NCC(=O)N1CCC(c2ccccc2)C1. The number of hydrogen-bond acceptors (Lipinski definition) is 3. The summed E-state index contributed by atoms with van der Waals surface area (Å²) in [4.78, 5) is 25.8. The minimum absolute atomic E-state index is 0.0285. The minimum Gasteiger partial charge on any atom is -0.346 e. The van der Waals surface area contributed by atoms with E-state index in [1.165, 1.54) is 5.56 Å². The fraction of sp³-hybridized carbons (Fsp3) is 0.529. The molecule has 1 aromatic rings. The van der Waals surface area contributed by atoms with E-state index in [0.29, 0.717) is 5.92 Å². The molecule has 0 saturated carbocycles. The highest BCUT2D eigenvalue weighted by Crippen LogP contribution is 2.26. The smallest absolute Gasteiger partial charge is 0.241 e. The molecule has 1 heterocycles. The number of benzene rings is 1. The van der Waals surface area contributed by atoms with Crippen molar-refractivity contribution < 1.29 is 9.59 Å². The maximum absolute atomic E-state index is 12.2. The van der Waals surface area contributed by atoms with Gasteiger partial charge < -0.3 is 16.0 Å². The molecule has 0 spiro atoms. The fourth-order valence-corrected chi connectivity index (χ4v) is 2.68. The highest BCUT2D eigenvalue weighted by atomic mass is 16.2. The summed E-state index contributed by atoms with van der Waals surface area (Å²) in [5.41, 5.74) is 7.03. The van der Waals surface area contributed by atoms with E-state index in [0.717, 1.165) is 19.5 Å². The number of nitrogens with two attached hydrogens (primary N) is 1. The molecule has 0 aromatic heterocycles. The number of hydrogen-bond donors (Lipinski definition) is 2. The second kappa shape index (κ2) is 7.40. The van der Waals surface area contributed by atoms with Crippen LogP contribution < -0.4 is 11.1 Å². The third-order valence-electron chi connectivity index (χ3n) is 4.25. The van der Waals surface area contributed by atoms with Crippen LogP contribution >= 0.6 is 0 Å². The van der Waals surface area contributed by atoms with Crippen molar-refractivity contribution in [2.75, 3.05) is 19.6 Å². The molecule has 120 valence electrons. The van der Waals surface area contributed by atoms with Gasteiger partial charge in [0.2, 0.25) is 11.8 Å². The van der Waals surface area contributed by atoms with Gasteiger partial charge in [-0.05, 0) is 17.9 Å². The number of rotatable bonds is 5. The van der Waals surface area contributed by atoms with E-state index in [2.05, 4.69) is 17.4 Å². The lowest BCUT2D eigenvalue weighted by Crippen LogP contribution is -2.47. The average molecular weight is 303 g/mol. The average Bonchev–Trinajstić information content (AvgIpc) is 3.02. The molecule has 2 rings (SSSR count). The van der Waals surface area contributed by atoms with Crippen LogP contribution in [0, 0.1) is 5.92 Å². The summed E-state index contributed by atoms with van der Waals surface area (Å²) in [6.07, 6.45) is 0.967. The van der Waals surface area contributed by atoms with E-state index in [1.807, 2.05) is 36.9 Å². The van der Waals surface area contributed by atoms with Crippen LogP contribution in [0.1, 0.15) is 31.7 Å². The number of carbonyl (C=O) groups excluding carboxylic acids is 2. The van der Waals surface area contributed by atoms with Crippen molar-refractivity contribution in [3.8, 4) is 0 Å². The van der Waals surface area contributed by atoms with Crippen molar-refractivity contribution in [1.82, 2.24) is 10.2 Å². The molecule has 22 heavy (non-hydrogen) atoms. The van der Waals surface area contributed by atoms with E-state index in [4.69, 9.17) is 5.73 Å². The minimum atomic E-state index is -0.566. The van der Waals surface area contributed by atoms with Crippen LogP contribution in [0.25, 0.3) is 0 Å². The van der Waals surface area contributed by atoms with Crippen LogP contribution in [0.3, 0.4) is 0 Å². The number of likely N-dealkylation sites (tertiary alicyclic amines) is 1. The molecule has 1 fully saturated rings. The van der Waals surface area contributed by atoms with Crippen LogP contribution in [0.4, 0.5) is 0 Å². The molecule has 0 radical (unpaired) electrons. The summed E-state index contributed by atoms with van der Waals surface area (Å²) in [7, 11) is 0. The van der Waals surface area contributed by atoms with Crippen molar-refractivity contribution in [3.05, 3.63) is 35.9 Å². The van der Waals surface area contributed by atoms with Crippen LogP contribution in [0.2, 0.25) is 0 Å². The number of nitrogens with one attached hydrogen (secondary N) is 1. The molecule has 5 heteroatoms. The molecule has 3 N–H and O–H groups in total. The van der Waals surface area contributed by atoms with Gasteiger partial charge in [0.25, 0.3) is 0 Å². The molecular formula is C17H25N3O2. The Labute approximate surface area is 131 Å². The van der Waals surface area contributed by atoms with Crippen LogP contribution in [-0.2, 0) is 9.59 Å². The Hall–Kier alpha value is -1.88. The first kappa shape index (κ1) is 16.5. The summed E-state index contributed by atoms with van der Waals surface area (Å²) in [6.45, 7) is 5.26. The van der Waals surface area contributed by atoms with Gasteiger partial charge in [-0.1, -0.05) is 44.2 Å². The van der Waals surface area contributed by atoms with Gasteiger partial charge in [0.05, 0.1) is 12.6 Å². The first-order valence-corrected chi connectivity index (χ1v) is 7.85. The summed E-state index contributed by atoms with van der Waals surface area (Å²) < 4.78 is 0. The van der Waals surface area contributed by atoms with Gasteiger partial charge in [0.1, 0.15) is 0 Å². The van der Waals surface area contributed by atoms with Crippen molar-refractivity contribution in [2.24, 2.45) is 11.7 Å². The van der Waals surface area contributed by atoms with Gasteiger partial charge in [0, 0.05) is 19.0 Å². The van der Waals surface area contributed by atoms with E-state index < -0.39 is 6.04 Å². The monoisotopic (exact) mass is 303 g/mol. The topological polar surface area (TPSA) is 75.4 Å². The normalized spacial score (nSPS) is 19.3. The molecule has 5 nitrogen and oxygen atoms in total. The molecule has 1 aliphatic rings. The Kier molecular flexibility index (Phi) is 5.55. The van der Waals surface area contributed by atoms with Crippen molar-refractivity contribution in [1.29, 1.82) is 0 Å². The van der Waals surface area contributed by atoms with Crippen LogP contribution in [-0.4, -0.2) is 42.4 Å². The summed E-state index contributed by atoms with van der Waals surface area (Å²) >= 11 is 0. The predicted octanol–water partition coefficient (Wildman–Crippen LogP) is 1.10. The van der Waals surface area contributed by atoms with Crippen LogP contribution in [0.15, 0.2) is 30.3 Å². The van der Waals surface area contributed by atoms with Gasteiger partial charge in [0.15, 0.2) is 0 Å². The zero-order valence-corrected chi connectivity index (χ0v) is 13.3. The number of carbonyl (C=O) groups is 2. The van der Waals surface area contributed by atoms with Gasteiger partial charge >= 0.3 is 0 Å². The van der Waals surface area contributed by atoms with E-state index >= 15 is 0 Å². The Morgan fingerprint density at radius 1 is 1.32 bits per heavy atom. The first-order valence-electron chi connectivity index (χ1n) is 7.85. The van der Waals surface area contributed by atoms with Gasteiger partial charge in [-0.15, -0.1) is 0 Å².